The maximum Gasteiger partial charge on any atom is 0.303 e. The minimum Gasteiger partial charge on any atom is -0.481 e. The Balaban J connectivity index is 1.53. The van der Waals surface area contributed by atoms with Crippen molar-refractivity contribution >= 4 is 11.9 Å². The minimum atomic E-state index is -0.789. The van der Waals surface area contributed by atoms with Crippen molar-refractivity contribution in [1.82, 2.24) is 4.90 Å². The smallest absolute Gasteiger partial charge is 0.303 e. The number of aryl methyl sites for hydroxylation is 1. The Morgan fingerprint density at radius 3 is 2.58 bits per heavy atom. The van der Waals surface area contributed by atoms with E-state index in [9.17, 15) is 9.59 Å². The molecule has 0 radical (unpaired) electrons. The lowest BCUT2D eigenvalue weighted by Crippen LogP contribution is -2.55. The standard InChI is InChI=1S/C22H23NO3/c24-21(25)11-10-15-4-1-5-16(12-15)17-6-2-7-18(13-17)22(26)23-14-19-8-3-9-20(19)23/h1-2,4-7,12-13,19-20H,3,8-11,14H2,(H,24,25)/t19-,20-/m0/s1. The van der Waals surface area contributed by atoms with Gasteiger partial charge in [-0.1, -0.05) is 42.8 Å². The molecule has 2 atom stereocenters. The average Bonchev–Trinajstić information content (AvgIpc) is 3.01. The van der Waals surface area contributed by atoms with Crippen LogP contribution >= 0.6 is 0 Å². The molecule has 1 saturated heterocycles. The Kier molecular flexibility index (Phi) is 4.49. The summed E-state index contributed by atoms with van der Waals surface area (Å²) in [4.78, 5) is 25.7. The molecular weight excluding hydrogens is 326 g/mol. The summed E-state index contributed by atoms with van der Waals surface area (Å²) in [6.07, 6.45) is 4.28. The second-order valence-corrected chi connectivity index (χ2v) is 7.39. The molecule has 1 saturated carbocycles. The zero-order chi connectivity index (χ0) is 18.1. The summed E-state index contributed by atoms with van der Waals surface area (Å²) in [7, 11) is 0. The number of carbonyl (C=O) groups is 2. The Labute approximate surface area is 153 Å². The first-order valence-electron chi connectivity index (χ1n) is 9.34. The third-order valence-corrected chi connectivity index (χ3v) is 5.71. The van der Waals surface area contributed by atoms with Crippen molar-refractivity contribution in [3.8, 4) is 11.1 Å². The van der Waals surface area contributed by atoms with E-state index in [0.29, 0.717) is 18.4 Å². The molecule has 1 aliphatic heterocycles. The minimum absolute atomic E-state index is 0.124. The molecule has 1 aliphatic carbocycles. The topological polar surface area (TPSA) is 57.6 Å². The first kappa shape index (κ1) is 16.8. The Hall–Kier alpha value is -2.62. The van der Waals surface area contributed by atoms with Crippen LogP contribution in [0.4, 0.5) is 0 Å². The molecule has 2 aromatic carbocycles. The number of likely N-dealkylation sites (tertiary alicyclic amines) is 1. The lowest BCUT2D eigenvalue weighted by molar-refractivity contribution is -0.136. The number of carbonyl (C=O) groups excluding carboxylic acids is 1. The number of nitrogens with zero attached hydrogens (tertiary/aromatic N) is 1. The number of fused-ring (bicyclic) bond motifs is 1. The van der Waals surface area contributed by atoms with Crippen LogP contribution < -0.4 is 0 Å². The van der Waals surface area contributed by atoms with Gasteiger partial charge in [0.2, 0.25) is 0 Å². The Morgan fingerprint density at radius 1 is 1.04 bits per heavy atom. The quantitative estimate of drug-likeness (QED) is 0.888. The summed E-state index contributed by atoms with van der Waals surface area (Å²) < 4.78 is 0. The van der Waals surface area contributed by atoms with Crippen molar-refractivity contribution in [2.24, 2.45) is 5.92 Å². The average molecular weight is 349 g/mol. The van der Waals surface area contributed by atoms with Gasteiger partial charge >= 0.3 is 5.97 Å². The van der Waals surface area contributed by atoms with Gasteiger partial charge in [-0.25, -0.2) is 0 Å². The summed E-state index contributed by atoms with van der Waals surface area (Å²) >= 11 is 0. The zero-order valence-electron chi connectivity index (χ0n) is 14.7. The fraction of sp³-hybridized carbons (Fsp3) is 0.364. The van der Waals surface area contributed by atoms with Crippen LogP contribution in [0.5, 0.6) is 0 Å². The predicted octanol–water partition coefficient (Wildman–Crippen LogP) is 4.00. The maximum atomic E-state index is 12.9. The van der Waals surface area contributed by atoms with Crippen molar-refractivity contribution in [1.29, 1.82) is 0 Å². The molecule has 134 valence electrons. The van der Waals surface area contributed by atoms with E-state index >= 15 is 0 Å². The van der Waals surface area contributed by atoms with Crippen molar-refractivity contribution in [2.75, 3.05) is 6.54 Å². The van der Waals surface area contributed by atoms with Crippen molar-refractivity contribution < 1.29 is 14.7 Å². The highest BCUT2D eigenvalue weighted by atomic mass is 16.4. The first-order valence-corrected chi connectivity index (χ1v) is 9.34. The van der Waals surface area contributed by atoms with Crippen LogP contribution in [0.25, 0.3) is 11.1 Å². The Morgan fingerprint density at radius 2 is 1.81 bits per heavy atom. The fourth-order valence-electron chi connectivity index (χ4n) is 4.28. The maximum absolute atomic E-state index is 12.9. The van der Waals surface area contributed by atoms with Gasteiger partial charge in [0.25, 0.3) is 5.91 Å². The van der Waals surface area contributed by atoms with Gasteiger partial charge in [-0.2, -0.15) is 0 Å². The largest absolute Gasteiger partial charge is 0.481 e. The molecule has 26 heavy (non-hydrogen) atoms. The van der Waals surface area contributed by atoms with Gasteiger partial charge in [-0.3, -0.25) is 9.59 Å². The summed E-state index contributed by atoms with van der Waals surface area (Å²) in [6, 6.07) is 16.1. The summed E-state index contributed by atoms with van der Waals surface area (Å²) in [6.45, 7) is 0.901. The van der Waals surface area contributed by atoms with Crippen LogP contribution in [-0.2, 0) is 11.2 Å². The third kappa shape index (κ3) is 3.24. The lowest BCUT2D eigenvalue weighted by atomic mass is 9.90. The molecule has 4 rings (SSSR count). The van der Waals surface area contributed by atoms with Crippen molar-refractivity contribution in [3.05, 3.63) is 59.7 Å². The molecule has 2 aliphatic rings. The second-order valence-electron chi connectivity index (χ2n) is 7.39. The summed E-state index contributed by atoms with van der Waals surface area (Å²) in [5.74, 6) is 0.0628. The number of hydrogen-bond donors (Lipinski definition) is 1. The van der Waals surface area contributed by atoms with Gasteiger partial charge in [0.1, 0.15) is 0 Å². The number of amides is 1. The monoisotopic (exact) mass is 349 g/mol. The molecule has 4 nitrogen and oxygen atoms in total. The summed E-state index contributed by atoms with van der Waals surface area (Å²) in [5.41, 5.74) is 3.75. The SMILES string of the molecule is O=C(O)CCc1cccc(-c2cccc(C(=O)N3C[C@@H]4CCC[C@@H]43)c2)c1. The van der Waals surface area contributed by atoms with E-state index in [2.05, 4.69) is 0 Å². The highest BCUT2D eigenvalue weighted by molar-refractivity contribution is 5.96. The van der Waals surface area contributed by atoms with E-state index in [1.807, 2.05) is 53.4 Å². The van der Waals surface area contributed by atoms with E-state index < -0.39 is 5.97 Å². The van der Waals surface area contributed by atoms with Crippen molar-refractivity contribution in [3.63, 3.8) is 0 Å². The predicted molar refractivity (Wildman–Crippen MR) is 100 cm³/mol. The molecular formula is C22H23NO3. The molecule has 1 heterocycles. The van der Waals surface area contributed by atoms with Crippen LogP contribution in [0.1, 0.15) is 41.6 Å². The molecule has 1 amide bonds. The van der Waals surface area contributed by atoms with E-state index in [-0.39, 0.29) is 12.3 Å². The van der Waals surface area contributed by atoms with E-state index in [1.165, 1.54) is 12.8 Å². The number of benzene rings is 2. The van der Waals surface area contributed by atoms with Crippen LogP contribution in [0.15, 0.2) is 48.5 Å². The highest BCUT2D eigenvalue weighted by Crippen LogP contribution is 2.39. The van der Waals surface area contributed by atoms with Gasteiger partial charge in [-0.05, 0) is 54.0 Å². The molecule has 0 spiro atoms. The van der Waals surface area contributed by atoms with Crippen molar-refractivity contribution in [2.45, 2.75) is 38.1 Å². The van der Waals surface area contributed by atoms with Gasteiger partial charge in [0, 0.05) is 24.6 Å². The van der Waals surface area contributed by atoms with Crippen LogP contribution in [0.3, 0.4) is 0 Å². The van der Waals surface area contributed by atoms with Crippen LogP contribution in [-0.4, -0.2) is 34.5 Å². The molecule has 0 aromatic heterocycles. The Bertz CT molecular complexity index is 845. The van der Waals surface area contributed by atoms with Gasteiger partial charge < -0.3 is 10.0 Å². The third-order valence-electron chi connectivity index (χ3n) is 5.71. The highest BCUT2D eigenvalue weighted by Gasteiger charge is 2.44. The normalized spacial score (nSPS) is 21.2. The summed E-state index contributed by atoms with van der Waals surface area (Å²) in [5, 5.41) is 8.86. The van der Waals surface area contributed by atoms with Gasteiger partial charge in [-0.15, -0.1) is 0 Å². The molecule has 1 N–H and O–H groups in total. The van der Waals surface area contributed by atoms with Gasteiger partial charge in [0.05, 0.1) is 0 Å². The molecule has 4 heteroatoms. The molecule has 2 aromatic rings. The molecule has 0 unspecified atom stereocenters. The second kappa shape index (κ2) is 6.94. The van der Waals surface area contributed by atoms with Crippen LogP contribution in [0, 0.1) is 5.92 Å². The number of carboxylic acids is 1. The molecule has 0 bridgehead atoms. The number of carboxylic acid groups (broad SMARTS) is 1. The first-order chi connectivity index (χ1) is 12.6. The lowest BCUT2D eigenvalue weighted by Gasteiger charge is -2.44. The van der Waals surface area contributed by atoms with Gasteiger partial charge in [0.15, 0.2) is 0 Å². The number of rotatable bonds is 5. The van der Waals surface area contributed by atoms with E-state index in [0.717, 1.165) is 35.2 Å². The number of aliphatic carboxylic acids is 1. The zero-order valence-corrected chi connectivity index (χ0v) is 14.7. The fourth-order valence-corrected chi connectivity index (χ4v) is 4.28. The van der Waals surface area contributed by atoms with Crippen LogP contribution in [0.2, 0.25) is 0 Å². The van der Waals surface area contributed by atoms with E-state index in [4.69, 9.17) is 5.11 Å². The molecule has 2 fully saturated rings. The van der Waals surface area contributed by atoms with E-state index in [1.54, 1.807) is 0 Å². The number of hydrogen-bond acceptors (Lipinski definition) is 2.